The zero-order valence-corrected chi connectivity index (χ0v) is 21.6. The summed E-state index contributed by atoms with van der Waals surface area (Å²) in [4.78, 5) is 36.7. The molecule has 1 amide bonds. The molecule has 0 aliphatic carbocycles. The fourth-order valence-electron chi connectivity index (χ4n) is 4.15. The van der Waals surface area contributed by atoms with E-state index in [1.807, 2.05) is 32.2 Å². The third-order valence-electron chi connectivity index (χ3n) is 6.15. The minimum Gasteiger partial charge on any atom is -0.378 e. The number of ether oxygens (including phenoxy) is 1. The number of carbonyl (C=O) groups excluding carboxylic acids is 1. The van der Waals surface area contributed by atoms with Crippen LogP contribution in [0, 0.1) is 0 Å². The summed E-state index contributed by atoms with van der Waals surface area (Å²) in [5, 5.41) is 8.74. The standard InChI is InChI=1S/C25H28N8O3S/c1-31(2)18-6-4-5-16(9-18)21-15-33(7-8-36-21)25-28-13-22-20(29-25)10-19(37-22)14-32(3)24-26-11-17(12-27-24)23(34)30-35/h4-6,9-13,21,35H,7-8,14-15H2,1-3H3,(H,30,34). The van der Waals surface area contributed by atoms with Crippen LogP contribution in [0.1, 0.15) is 26.9 Å². The Morgan fingerprint density at radius 1 is 1.19 bits per heavy atom. The minimum absolute atomic E-state index is 0.0468. The van der Waals surface area contributed by atoms with Crippen LogP contribution in [0.5, 0.6) is 0 Å². The number of rotatable bonds is 7. The molecule has 1 atom stereocenters. The summed E-state index contributed by atoms with van der Waals surface area (Å²) >= 11 is 1.62. The van der Waals surface area contributed by atoms with Gasteiger partial charge in [0.1, 0.15) is 6.10 Å². The van der Waals surface area contributed by atoms with Crippen molar-refractivity contribution in [3.05, 3.63) is 64.9 Å². The fourth-order valence-corrected chi connectivity index (χ4v) is 5.18. The summed E-state index contributed by atoms with van der Waals surface area (Å²) in [5.74, 6) is 0.515. The van der Waals surface area contributed by atoms with Gasteiger partial charge in [0.25, 0.3) is 5.91 Å². The normalized spacial score (nSPS) is 15.6. The SMILES string of the molecule is CN(C)c1cccc(C2CN(c3ncc4sc(CN(C)c5ncc(C(=O)NO)cn5)cc4n3)CCO2)c1. The predicted octanol–water partition coefficient (Wildman–Crippen LogP) is 2.88. The number of hydroxylamine groups is 1. The lowest BCUT2D eigenvalue weighted by Crippen LogP contribution is -2.39. The van der Waals surface area contributed by atoms with E-state index in [-0.39, 0.29) is 11.7 Å². The highest BCUT2D eigenvalue weighted by molar-refractivity contribution is 7.19. The van der Waals surface area contributed by atoms with E-state index in [0.717, 1.165) is 32.9 Å². The van der Waals surface area contributed by atoms with Crippen LogP contribution in [0.3, 0.4) is 0 Å². The van der Waals surface area contributed by atoms with Crippen molar-refractivity contribution in [1.82, 2.24) is 25.4 Å². The Balaban J connectivity index is 1.29. The first-order valence-corrected chi connectivity index (χ1v) is 12.6. The number of thiophene rings is 1. The van der Waals surface area contributed by atoms with Gasteiger partial charge in [-0.3, -0.25) is 10.0 Å². The molecular formula is C25H28N8O3S. The largest absolute Gasteiger partial charge is 0.378 e. The van der Waals surface area contributed by atoms with Gasteiger partial charge in [-0.2, -0.15) is 0 Å². The number of anilines is 3. The van der Waals surface area contributed by atoms with E-state index in [1.54, 1.807) is 16.8 Å². The maximum atomic E-state index is 11.5. The summed E-state index contributed by atoms with van der Waals surface area (Å²) in [6, 6.07) is 10.5. The number of amides is 1. The molecule has 1 aromatic carbocycles. The van der Waals surface area contributed by atoms with E-state index in [1.165, 1.54) is 12.4 Å². The lowest BCUT2D eigenvalue weighted by Gasteiger charge is -2.33. The first kappa shape index (κ1) is 24.8. The predicted molar refractivity (Wildman–Crippen MR) is 142 cm³/mol. The highest BCUT2D eigenvalue weighted by Crippen LogP contribution is 2.30. The second-order valence-corrected chi connectivity index (χ2v) is 10.2. The lowest BCUT2D eigenvalue weighted by molar-refractivity contribution is 0.0393. The van der Waals surface area contributed by atoms with Crippen molar-refractivity contribution in [3.8, 4) is 0 Å². The van der Waals surface area contributed by atoms with E-state index < -0.39 is 5.91 Å². The average Bonchev–Trinajstić information content (AvgIpc) is 3.34. The Hall–Kier alpha value is -3.87. The summed E-state index contributed by atoms with van der Waals surface area (Å²) in [6.45, 7) is 2.60. The number of hydrogen-bond acceptors (Lipinski definition) is 11. The Morgan fingerprint density at radius 2 is 2.00 bits per heavy atom. The van der Waals surface area contributed by atoms with Gasteiger partial charge >= 0.3 is 0 Å². The van der Waals surface area contributed by atoms with Crippen LogP contribution in [0.15, 0.2) is 48.9 Å². The van der Waals surface area contributed by atoms with Crippen molar-refractivity contribution >= 4 is 45.0 Å². The number of aromatic nitrogens is 4. The van der Waals surface area contributed by atoms with Gasteiger partial charge in [-0.15, -0.1) is 11.3 Å². The van der Waals surface area contributed by atoms with Crippen molar-refractivity contribution in [3.63, 3.8) is 0 Å². The van der Waals surface area contributed by atoms with E-state index in [9.17, 15) is 4.79 Å². The highest BCUT2D eigenvalue weighted by atomic mass is 32.1. The van der Waals surface area contributed by atoms with Gasteiger partial charge in [-0.1, -0.05) is 12.1 Å². The highest BCUT2D eigenvalue weighted by Gasteiger charge is 2.24. The summed E-state index contributed by atoms with van der Waals surface area (Å²) < 4.78 is 7.10. The smallest absolute Gasteiger partial charge is 0.277 e. The Labute approximate surface area is 218 Å². The number of nitrogens with one attached hydrogen (secondary N) is 1. The number of nitrogens with zero attached hydrogens (tertiary/aromatic N) is 7. The molecule has 1 aliphatic rings. The zero-order chi connectivity index (χ0) is 25.9. The fraction of sp³-hybridized carbons (Fsp3) is 0.320. The van der Waals surface area contributed by atoms with Crippen molar-refractivity contribution in [2.45, 2.75) is 12.6 Å². The van der Waals surface area contributed by atoms with Crippen molar-refractivity contribution in [2.75, 3.05) is 55.5 Å². The third kappa shape index (κ3) is 5.45. The average molecular weight is 521 g/mol. The van der Waals surface area contributed by atoms with Gasteiger partial charge < -0.3 is 19.4 Å². The van der Waals surface area contributed by atoms with Gasteiger partial charge in [0.05, 0.1) is 41.7 Å². The summed E-state index contributed by atoms with van der Waals surface area (Å²) in [6.07, 6.45) is 4.58. The molecule has 4 heterocycles. The molecule has 0 saturated carbocycles. The van der Waals surface area contributed by atoms with Crippen molar-refractivity contribution in [2.24, 2.45) is 0 Å². The lowest BCUT2D eigenvalue weighted by atomic mass is 10.1. The number of morpholine rings is 1. The molecule has 11 nitrogen and oxygen atoms in total. The molecule has 37 heavy (non-hydrogen) atoms. The molecule has 1 aliphatic heterocycles. The number of hydrogen-bond donors (Lipinski definition) is 2. The molecule has 1 saturated heterocycles. The maximum absolute atomic E-state index is 11.5. The van der Waals surface area contributed by atoms with Gasteiger partial charge in [0, 0.05) is 50.6 Å². The molecule has 1 unspecified atom stereocenters. The molecule has 3 aromatic heterocycles. The molecule has 1 fully saturated rings. The van der Waals surface area contributed by atoms with E-state index >= 15 is 0 Å². The number of fused-ring (bicyclic) bond motifs is 1. The Morgan fingerprint density at radius 3 is 2.76 bits per heavy atom. The van der Waals surface area contributed by atoms with Crippen LogP contribution in [0.2, 0.25) is 0 Å². The Kier molecular flexibility index (Phi) is 7.12. The van der Waals surface area contributed by atoms with E-state index in [2.05, 4.69) is 55.1 Å². The van der Waals surface area contributed by atoms with Crippen LogP contribution in [-0.2, 0) is 11.3 Å². The second-order valence-electron chi connectivity index (χ2n) is 9.00. The second kappa shape index (κ2) is 10.6. The van der Waals surface area contributed by atoms with Crippen LogP contribution < -0.4 is 20.2 Å². The van der Waals surface area contributed by atoms with Crippen LogP contribution in [-0.4, -0.2) is 71.9 Å². The molecule has 5 rings (SSSR count). The molecule has 12 heteroatoms. The van der Waals surface area contributed by atoms with Crippen molar-refractivity contribution in [1.29, 1.82) is 0 Å². The first-order valence-electron chi connectivity index (χ1n) is 11.8. The summed E-state index contributed by atoms with van der Waals surface area (Å²) in [5.41, 5.74) is 4.94. The maximum Gasteiger partial charge on any atom is 0.277 e. The zero-order valence-electron chi connectivity index (χ0n) is 20.8. The van der Waals surface area contributed by atoms with E-state index in [0.29, 0.717) is 31.6 Å². The number of benzene rings is 1. The van der Waals surface area contributed by atoms with Gasteiger partial charge in [-0.25, -0.2) is 25.4 Å². The van der Waals surface area contributed by atoms with Gasteiger partial charge in [-0.05, 0) is 23.8 Å². The molecule has 2 N–H and O–H groups in total. The monoisotopic (exact) mass is 520 g/mol. The molecule has 0 radical (unpaired) electrons. The van der Waals surface area contributed by atoms with Crippen molar-refractivity contribution < 1.29 is 14.7 Å². The van der Waals surface area contributed by atoms with Gasteiger partial charge in [0.15, 0.2) is 0 Å². The number of carbonyl (C=O) groups is 1. The quantitative estimate of drug-likeness (QED) is 0.278. The van der Waals surface area contributed by atoms with Crippen LogP contribution in [0.25, 0.3) is 10.2 Å². The van der Waals surface area contributed by atoms with Crippen LogP contribution in [0.4, 0.5) is 17.6 Å². The molecular weight excluding hydrogens is 492 g/mol. The third-order valence-corrected chi connectivity index (χ3v) is 7.20. The minimum atomic E-state index is -0.651. The Bertz CT molecular complexity index is 1390. The molecule has 0 bridgehead atoms. The van der Waals surface area contributed by atoms with E-state index in [4.69, 9.17) is 14.9 Å². The molecule has 0 spiro atoms. The van der Waals surface area contributed by atoms with Crippen LogP contribution >= 0.6 is 11.3 Å². The topological polar surface area (TPSA) is 120 Å². The molecule has 4 aromatic rings. The molecule has 192 valence electrons. The summed E-state index contributed by atoms with van der Waals surface area (Å²) in [7, 11) is 5.94. The van der Waals surface area contributed by atoms with Gasteiger partial charge in [0.2, 0.25) is 11.9 Å². The first-order chi connectivity index (χ1) is 17.9.